The quantitative estimate of drug-likeness (QED) is 0.782. The number of amides is 1. The van der Waals surface area contributed by atoms with Gasteiger partial charge >= 0.3 is 0 Å². The van der Waals surface area contributed by atoms with E-state index in [0.717, 1.165) is 18.4 Å². The van der Waals surface area contributed by atoms with Gasteiger partial charge in [-0.05, 0) is 31.9 Å². The van der Waals surface area contributed by atoms with Gasteiger partial charge in [0.15, 0.2) is 0 Å². The Labute approximate surface area is 117 Å². The van der Waals surface area contributed by atoms with E-state index in [1.54, 1.807) is 0 Å². The zero-order valence-electron chi connectivity index (χ0n) is 12.5. The summed E-state index contributed by atoms with van der Waals surface area (Å²) in [4.78, 5) is 12.0. The number of carbonyl (C=O) groups is 1. The van der Waals surface area contributed by atoms with Crippen LogP contribution in [0.4, 0.5) is 0 Å². The van der Waals surface area contributed by atoms with Crippen LogP contribution >= 0.6 is 0 Å². The number of benzene rings is 1. The van der Waals surface area contributed by atoms with Gasteiger partial charge in [0.2, 0.25) is 0 Å². The molecule has 0 unspecified atom stereocenters. The van der Waals surface area contributed by atoms with Gasteiger partial charge in [0.1, 0.15) is 0 Å². The van der Waals surface area contributed by atoms with Crippen LogP contribution < -0.4 is 5.32 Å². The fourth-order valence-electron chi connectivity index (χ4n) is 2.40. The van der Waals surface area contributed by atoms with Crippen molar-refractivity contribution in [3.8, 4) is 0 Å². The molecule has 0 saturated heterocycles. The molecule has 0 aromatic heterocycles. The minimum Gasteiger partial charge on any atom is -0.349 e. The van der Waals surface area contributed by atoms with Crippen LogP contribution in [0.5, 0.6) is 0 Å². The number of hydrogen-bond donors (Lipinski definition) is 1. The van der Waals surface area contributed by atoms with E-state index >= 15 is 0 Å². The van der Waals surface area contributed by atoms with E-state index in [1.807, 2.05) is 45.0 Å². The molecule has 106 valence electrons. The Morgan fingerprint density at radius 2 is 1.53 bits per heavy atom. The molecule has 0 heterocycles. The summed E-state index contributed by atoms with van der Waals surface area (Å²) >= 11 is 0. The molecule has 1 N–H and O–H groups in total. The first-order valence-corrected chi connectivity index (χ1v) is 7.63. The number of hydrogen-bond acceptors (Lipinski definition) is 1. The molecule has 1 aromatic rings. The lowest BCUT2D eigenvalue weighted by atomic mass is 10.1. The van der Waals surface area contributed by atoms with Gasteiger partial charge in [0.25, 0.3) is 5.91 Å². The first kappa shape index (κ1) is 15.7. The molecule has 1 aliphatic rings. The Kier molecular flexibility index (Phi) is 7.24. The van der Waals surface area contributed by atoms with Gasteiger partial charge in [0, 0.05) is 11.6 Å². The highest BCUT2D eigenvalue weighted by Gasteiger charge is 2.15. The molecule has 0 atom stereocenters. The van der Waals surface area contributed by atoms with Crippen LogP contribution in [0.15, 0.2) is 24.3 Å². The molecule has 1 aliphatic carbocycles. The lowest BCUT2D eigenvalue weighted by molar-refractivity contribution is 0.0933. The average Bonchev–Trinajstić information content (AvgIpc) is 2.70. The molecule has 1 amide bonds. The van der Waals surface area contributed by atoms with Crippen LogP contribution in [0.3, 0.4) is 0 Å². The average molecular weight is 261 g/mol. The van der Waals surface area contributed by atoms with Crippen LogP contribution in [0.25, 0.3) is 0 Å². The van der Waals surface area contributed by atoms with E-state index < -0.39 is 0 Å². The standard InChI is InChI=1S/C15H21NO.C2H6/c1-12-8-10-13(11-9-12)15(17)16-14-6-4-2-3-5-7-14;1-2/h8-11,14H,2-7H2,1H3,(H,16,17);1-2H3. The number of nitrogens with one attached hydrogen (secondary N) is 1. The summed E-state index contributed by atoms with van der Waals surface area (Å²) in [6.45, 7) is 6.03. The Hall–Kier alpha value is -1.31. The van der Waals surface area contributed by atoms with Gasteiger partial charge in [-0.3, -0.25) is 4.79 Å². The summed E-state index contributed by atoms with van der Waals surface area (Å²) in [6, 6.07) is 8.17. The van der Waals surface area contributed by atoms with Crippen LogP contribution in [0, 0.1) is 6.92 Å². The lowest BCUT2D eigenvalue weighted by Crippen LogP contribution is -2.34. The summed E-state index contributed by atoms with van der Waals surface area (Å²) in [5.74, 6) is 0.0805. The Morgan fingerprint density at radius 1 is 1.00 bits per heavy atom. The van der Waals surface area contributed by atoms with E-state index in [2.05, 4.69) is 5.32 Å². The topological polar surface area (TPSA) is 29.1 Å². The highest BCUT2D eigenvalue weighted by Crippen LogP contribution is 2.17. The normalized spacial score (nSPS) is 15.9. The summed E-state index contributed by atoms with van der Waals surface area (Å²) in [5, 5.41) is 3.16. The monoisotopic (exact) mass is 261 g/mol. The molecule has 2 rings (SSSR count). The first-order chi connectivity index (χ1) is 9.25. The highest BCUT2D eigenvalue weighted by molar-refractivity contribution is 5.94. The molecule has 0 bridgehead atoms. The van der Waals surface area contributed by atoms with Gasteiger partial charge < -0.3 is 5.32 Å². The zero-order chi connectivity index (χ0) is 14.1. The van der Waals surface area contributed by atoms with Gasteiger partial charge in [0.05, 0.1) is 0 Å². The minimum absolute atomic E-state index is 0.0805. The second-order valence-corrected chi connectivity index (χ2v) is 5.03. The van der Waals surface area contributed by atoms with Gasteiger partial charge in [-0.2, -0.15) is 0 Å². The molecule has 0 radical (unpaired) electrons. The molecular weight excluding hydrogens is 234 g/mol. The van der Waals surface area contributed by atoms with Crippen molar-refractivity contribution < 1.29 is 4.79 Å². The Balaban J connectivity index is 0.000000861. The molecule has 1 fully saturated rings. The minimum atomic E-state index is 0.0805. The molecule has 0 aliphatic heterocycles. The van der Waals surface area contributed by atoms with E-state index in [-0.39, 0.29) is 5.91 Å². The molecule has 1 saturated carbocycles. The maximum atomic E-state index is 12.0. The van der Waals surface area contributed by atoms with Crippen LogP contribution in [-0.2, 0) is 0 Å². The molecule has 19 heavy (non-hydrogen) atoms. The smallest absolute Gasteiger partial charge is 0.251 e. The van der Waals surface area contributed by atoms with E-state index in [0.29, 0.717) is 6.04 Å². The Bertz CT molecular complexity index is 361. The first-order valence-electron chi connectivity index (χ1n) is 7.63. The number of carbonyl (C=O) groups excluding carboxylic acids is 1. The van der Waals surface area contributed by atoms with Crippen molar-refractivity contribution >= 4 is 5.91 Å². The van der Waals surface area contributed by atoms with Crippen LogP contribution in [-0.4, -0.2) is 11.9 Å². The van der Waals surface area contributed by atoms with Crippen molar-refractivity contribution in [3.63, 3.8) is 0 Å². The third-order valence-electron chi connectivity index (χ3n) is 3.50. The van der Waals surface area contributed by atoms with Crippen molar-refractivity contribution in [1.29, 1.82) is 0 Å². The fourth-order valence-corrected chi connectivity index (χ4v) is 2.40. The zero-order valence-corrected chi connectivity index (χ0v) is 12.5. The Morgan fingerprint density at radius 3 is 2.05 bits per heavy atom. The molecule has 2 nitrogen and oxygen atoms in total. The van der Waals surface area contributed by atoms with Gasteiger partial charge in [-0.15, -0.1) is 0 Å². The highest BCUT2D eigenvalue weighted by atomic mass is 16.1. The lowest BCUT2D eigenvalue weighted by Gasteiger charge is -2.16. The van der Waals surface area contributed by atoms with Crippen molar-refractivity contribution in [2.45, 2.75) is 65.3 Å². The molecule has 2 heteroatoms. The third-order valence-corrected chi connectivity index (χ3v) is 3.50. The predicted molar refractivity (Wildman–Crippen MR) is 81.5 cm³/mol. The summed E-state index contributed by atoms with van der Waals surface area (Å²) in [5.41, 5.74) is 1.97. The van der Waals surface area contributed by atoms with Crippen molar-refractivity contribution in [2.75, 3.05) is 0 Å². The van der Waals surface area contributed by atoms with Crippen LogP contribution in [0.2, 0.25) is 0 Å². The number of aryl methyl sites for hydroxylation is 1. The van der Waals surface area contributed by atoms with E-state index in [4.69, 9.17) is 0 Å². The molecule has 0 spiro atoms. The van der Waals surface area contributed by atoms with Gasteiger partial charge in [-0.25, -0.2) is 0 Å². The summed E-state index contributed by atoms with van der Waals surface area (Å²) in [6.07, 6.45) is 7.40. The third kappa shape index (κ3) is 5.46. The van der Waals surface area contributed by atoms with Crippen molar-refractivity contribution in [3.05, 3.63) is 35.4 Å². The summed E-state index contributed by atoms with van der Waals surface area (Å²) in [7, 11) is 0. The van der Waals surface area contributed by atoms with E-state index in [1.165, 1.54) is 31.2 Å². The van der Waals surface area contributed by atoms with E-state index in [9.17, 15) is 4.79 Å². The van der Waals surface area contributed by atoms with Crippen LogP contribution in [0.1, 0.15) is 68.3 Å². The van der Waals surface area contributed by atoms with Crippen molar-refractivity contribution in [1.82, 2.24) is 5.32 Å². The van der Waals surface area contributed by atoms with Crippen molar-refractivity contribution in [2.24, 2.45) is 0 Å². The number of rotatable bonds is 2. The molecule has 1 aromatic carbocycles. The predicted octanol–water partition coefficient (Wildman–Crippen LogP) is 4.47. The fraction of sp³-hybridized carbons (Fsp3) is 0.588. The maximum Gasteiger partial charge on any atom is 0.251 e. The second kappa shape index (κ2) is 8.73. The largest absolute Gasteiger partial charge is 0.349 e. The second-order valence-electron chi connectivity index (χ2n) is 5.03. The summed E-state index contributed by atoms with van der Waals surface area (Å²) < 4.78 is 0. The van der Waals surface area contributed by atoms with Gasteiger partial charge in [-0.1, -0.05) is 57.2 Å². The molecular formula is C17H27NO. The SMILES string of the molecule is CC.Cc1ccc(C(=O)NC2CCCCCC2)cc1. The maximum absolute atomic E-state index is 12.0.